The molecule has 1 aliphatic heterocycles. The average molecular weight is 910 g/mol. The van der Waals surface area contributed by atoms with Crippen LogP contribution in [0.5, 0.6) is 11.5 Å². The molecule has 0 radical (unpaired) electrons. The number of thiophene rings is 1. The molecule has 0 unspecified atom stereocenters. The Labute approximate surface area is 411 Å². The summed E-state index contributed by atoms with van der Waals surface area (Å²) >= 11 is 1.87. The zero-order valence-electron chi connectivity index (χ0n) is 38.1. The molecule has 70 heavy (non-hydrogen) atoms. The van der Waals surface area contributed by atoms with Crippen LogP contribution in [0.3, 0.4) is 0 Å². The number of anilines is 3. The van der Waals surface area contributed by atoms with Crippen molar-refractivity contribution in [3.8, 4) is 67.1 Å². The Morgan fingerprint density at radius 1 is 0.314 bits per heavy atom. The summed E-state index contributed by atoms with van der Waals surface area (Å²) in [4.78, 5) is 2.49. The van der Waals surface area contributed by atoms with Gasteiger partial charge in [-0.2, -0.15) is 0 Å². The van der Waals surface area contributed by atoms with Crippen molar-refractivity contribution in [1.82, 2.24) is 0 Å². The fraction of sp³-hybridized carbons (Fsp3) is 0.0149. The molecule has 328 valence electrons. The van der Waals surface area contributed by atoms with Gasteiger partial charge >= 0.3 is 0 Å². The number of hydrogen-bond acceptors (Lipinski definition) is 3. The van der Waals surface area contributed by atoms with Crippen LogP contribution in [0, 0.1) is 0 Å². The lowest BCUT2D eigenvalue weighted by molar-refractivity contribution is 0.436. The Balaban J connectivity index is 1.01. The van der Waals surface area contributed by atoms with Gasteiger partial charge in [0.15, 0.2) is 0 Å². The summed E-state index contributed by atoms with van der Waals surface area (Å²) in [5.41, 5.74) is 19.4. The molecule has 11 aromatic carbocycles. The topological polar surface area (TPSA) is 12.5 Å². The van der Waals surface area contributed by atoms with Crippen LogP contribution in [-0.2, 0) is 5.41 Å². The smallest absolute Gasteiger partial charge is 0.132 e. The third kappa shape index (κ3) is 6.12. The molecule has 0 saturated heterocycles. The van der Waals surface area contributed by atoms with E-state index in [1.807, 2.05) is 11.3 Å². The highest BCUT2D eigenvalue weighted by Crippen LogP contribution is 2.63. The second kappa shape index (κ2) is 16.2. The minimum absolute atomic E-state index is 0.563. The maximum atomic E-state index is 6.69. The van der Waals surface area contributed by atoms with E-state index < -0.39 is 5.41 Å². The van der Waals surface area contributed by atoms with Crippen molar-refractivity contribution < 1.29 is 4.74 Å². The molecule has 0 atom stereocenters. The first-order chi connectivity index (χ1) is 34.7. The van der Waals surface area contributed by atoms with Crippen molar-refractivity contribution in [1.29, 1.82) is 0 Å². The Kier molecular flexibility index (Phi) is 9.33. The number of fused-ring (bicyclic) bond motifs is 12. The molecular formula is C67H43NOS. The molecule has 0 N–H and O–H groups in total. The minimum atomic E-state index is -0.563. The largest absolute Gasteiger partial charge is 0.457 e. The van der Waals surface area contributed by atoms with Crippen LogP contribution in [0.15, 0.2) is 261 Å². The molecule has 14 rings (SSSR count). The Hall–Kier alpha value is -8.76. The molecule has 1 aliphatic carbocycles. The van der Waals surface area contributed by atoms with Crippen molar-refractivity contribution in [3.05, 3.63) is 283 Å². The van der Waals surface area contributed by atoms with E-state index >= 15 is 0 Å². The van der Waals surface area contributed by atoms with E-state index in [0.717, 1.165) is 45.3 Å². The van der Waals surface area contributed by atoms with E-state index in [4.69, 9.17) is 4.74 Å². The highest BCUT2D eigenvalue weighted by atomic mass is 32.1. The van der Waals surface area contributed by atoms with Crippen LogP contribution in [0.25, 0.3) is 75.8 Å². The van der Waals surface area contributed by atoms with E-state index in [9.17, 15) is 0 Å². The van der Waals surface area contributed by atoms with E-state index in [-0.39, 0.29) is 0 Å². The Bertz CT molecular complexity index is 3970. The van der Waals surface area contributed by atoms with Crippen molar-refractivity contribution in [2.75, 3.05) is 4.90 Å². The predicted octanol–water partition coefficient (Wildman–Crippen LogP) is 18.7. The monoisotopic (exact) mass is 909 g/mol. The number of benzene rings is 11. The molecule has 1 aromatic heterocycles. The summed E-state index contributed by atoms with van der Waals surface area (Å²) in [7, 11) is 0. The van der Waals surface area contributed by atoms with Gasteiger partial charge in [0.1, 0.15) is 11.5 Å². The first-order valence-corrected chi connectivity index (χ1v) is 24.8. The van der Waals surface area contributed by atoms with Gasteiger partial charge in [-0.1, -0.05) is 212 Å². The fourth-order valence-electron chi connectivity index (χ4n) is 11.6. The molecule has 3 heteroatoms. The normalized spacial score (nSPS) is 12.8. The van der Waals surface area contributed by atoms with Crippen LogP contribution in [0.4, 0.5) is 17.1 Å². The van der Waals surface area contributed by atoms with Crippen molar-refractivity contribution in [3.63, 3.8) is 0 Å². The van der Waals surface area contributed by atoms with Crippen LogP contribution in [0.1, 0.15) is 22.3 Å². The van der Waals surface area contributed by atoms with Crippen molar-refractivity contribution in [2.24, 2.45) is 0 Å². The lowest BCUT2D eigenvalue weighted by Crippen LogP contribution is -2.32. The second-order valence-electron chi connectivity index (χ2n) is 18.3. The van der Waals surface area contributed by atoms with Gasteiger partial charge in [-0.25, -0.2) is 0 Å². The first kappa shape index (κ1) is 40.3. The van der Waals surface area contributed by atoms with Crippen molar-refractivity contribution >= 4 is 48.6 Å². The third-order valence-electron chi connectivity index (χ3n) is 14.6. The molecule has 2 nitrogen and oxygen atoms in total. The fourth-order valence-corrected chi connectivity index (χ4v) is 12.9. The van der Waals surface area contributed by atoms with Crippen LogP contribution in [-0.4, -0.2) is 0 Å². The predicted molar refractivity (Wildman–Crippen MR) is 293 cm³/mol. The summed E-state index contributed by atoms with van der Waals surface area (Å²) < 4.78 is 9.29. The van der Waals surface area contributed by atoms with Gasteiger partial charge in [0, 0.05) is 48.2 Å². The van der Waals surface area contributed by atoms with Crippen molar-refractivity contribution in [2.45, 2.75) is 5.41 Å². The zero-order valence-corrected chi connectivity index (χ0v) is 38.9. The lowest BCUT2D eigenvalue weighted by Gasteiger charge is -2.39. The molecule has 0 fully saturated rings. The SMILES string of the molecule is c1ccc(-c2ccccc2-c2ccccc2-c2ccccc2N(c2cccc(-c3cccc4c3sc3ccccc34)c2)c2ccc3c(c2)-c2ccccc2C32c3ccccc3Oc3ccccc32)cc1. The van der Waals surface area contributed by atoms with Gasteiger partial charge in [-0.3, -0.25) is 0 Å². The van der Waals surface area contributed by atoms with E-state index in [1.165, 1.54) is 81.4 Å². The highest BCUT2D eigenvalue weighted by molar-refractivity contribution is 7.26. The number of para-hydroxylation sites is 3. The minimum Gasteiger partial charge on any atom is -0.457 e. The molecule has 0 amide bonds. The van der Waals surface area contributed by atoms with E-state index in [2.05, 4.69) is 266 Å². The summed E-state index contributed by atoms with van der Waals surface area (Å²) in [6.07, 6.45) is 0. The van der Waals surface area contributed by atoms with Gasteiger partial charge in [0.2, 0.25) is 0 Å². The van der Waals surface area contributed by atoms with Crippen LogP contribution >= 0.6 is 11.3 Å². The Morgan fingerprint density at radius 3 is 1.60 bits per heavy atom. The highest BCUT2D eigenvalue weighted by Gasteiger charge is 2.51. The van der Waals surface area contributed by atoms with Gasteiger partial charge < -0.3 is 9.64 Å². The van der Waals surface area contributed by atoms with Gasteiger partial charge in [0.25, 0.3) is 0 Å². The quantitative estimate of drug-likeness (QED) is 0.158. The molecule has 2 aliphatic rings. The number of ether oxygens (including phenoxy) is 1. The lowest BCUT2D eigenvalue weighted by atomic mass is 9.66. The first-order valence-electron chi connectivity index (χ1n) is 24.0. The maximum Gasteiger partial charge on any atom is 0.132 e. The molecule has 0 saturated carbocycles. The number of hydrogen-bond donors (Lipinski definition) is 0. The van der Waals surface area contributed by atoms with E-state index in [0.29, 0.717) is 0 Å². The zero-order chi connectivity index (χ0) is 46.2. The molecule has 12 aromatic rings. The number of nitrogens with zero attached hydrogens (tertiary/aromatic N) is 1. The van der Waals surface area contributed by atoms with E-state index in [1.54, 1.807) is 0 Å². The van der Waals surface area contributed by atoms with Gasteiger partial charge in [0.05, 0.1) is 11.1 Å². The summed E-state index contributed by atoms with van der Waals surface area (Å²) in [6.45, 7) is 0. The van der Waals surface area contributed by atoms with Crippen LogP contribution < -0.4 is 9.64 Å². The summed E-state index contributed by atoms with van der Waals surface area (Å²) in [6, 6.07) is 95.4. The summed E-state index contributed by atoms with van der Waals surface area (Å²) in [5.74, 6) is 1.78. The molecule has 1 spiro atoms. The summed E-state index contributed by atoms with van der Waals surface area (Å²) in [5, 5.41) is 2.59. The second-order valence-corrected chi connectivity index (χ2v) is 19.3. The number of rotatable bonds is 7. The Morgan fingerprint density at radius 2 is 0.829 bits per heavy atom. The van der Waals surface area contributed by atoms with Gasteiger partial charge in [-0.05, 0) is 110 Å². The average Bonchev–Trinajstić information content (AvgIpc) is 3.96. The molecule has 2 heterocycles. The standard InChI is InChI=1S/C67H43NOS/c1-2-20-44(21-3-1)48-24-4-5-25-50(48)51-26-6-7-27-52(51)54-29-9-14-36-62(54)68(46-23-18-22-45(42-46)49-31-19-32-56-55-30-10-17-39-65(55)70-66(49)56)47-40-41-59-57(43-47)53-28-8-11-33-58(53)67(59)60-34-12-15-37-63(60)69-64-38-16-13-35-61(64)67/h1-43H. The third-order valence-corrected chi connectivity index (χ3v) is 15.8. The molecule has 0 bridgehead atoms. The van der Waals surface area contributed by atoms with Crippen LogP contribution in [0.2, 0.25) is 0 Å². The molecular weight excluding hydrogens is 867 g/mol. The maximum absolute atomic E-state index is 6.69. The van der Waals surface area contributed by atoms with Gasteiger partial charge in [-0.15, -0.1) is 11.3 Å².